The minimum atomic E-state index is -0.676. The molecule has 0 fully saturated rings. The van der Waals surface area contributed by atoms with Crippen LogP contribution in [0, 0.1) is 11.6 Å². The molecule has 0 aliphatic rings. The van der Waals surface area contributed by atoms with Crippen LogP contribution in [0.25, 0.3) is 11.3 Å². The third kappa shape index (κ3) is 1.94. The predicted molar refractivity (Wildman–Crippen MR) is 52.4 cm³/mol. The Morgan fingerprint density at radius 1 is 1.07 bits per heavy atom. The number of hydrogen-bond donors (Lipinski definition) is 0. The molecule has 1 aromatic heterocycles. The molecule has 5 heteroatoms. The summed E-state index contributed by atoms with van der Waals surface area (Å²) >= 11 is 5.60. The second kappa shape index (κ2) is 3.90. The normalized spacial score (nSPS) is 10.3. The maximum absolute atomic E-state index is 13.3. The third-order valence-electron chi connectivity index (χ3n) is 1.85. The number of rotatable bonds is 1. The Bertz CT molecular complexity index is 482. The van der Waals surface area contributed by atoms with E-state index in [1.54, 1.807) is 0 Å². The van der Waals surface area contributed by atoms with Gasteiger partial charge >= 0.3 is 0 Å². The highest BCUT2D eigenvalue weighted by Gasteiger charge is 2.12. The van der Waals surface area contributed by atoms with Crippen LogP contribution in [0.3, 0.4) is 0 Å². The average Bonchev–Trinajstić information content (AvgIpc) is 2.17. The van der Waals surface area contributed by atoms with E-state index in [0.29, 0.717) is 0 Å². The topological polar surface area (TPSA) is 25.8 Å². The van der Waals surface area contributed by atoms with E-state index in [2.05, 4.69) is 9.97 Å². The molecule has 0 unspecified atom stereocenters. The van der Waals surface area contributed by atoms with Crippen LogP contribution in [0.4, 0.5) is 8.78 Å². The lowest BCUT2D eigenvalue weighted by atomic mass is 10.1. The van der Waals surface area contributed by atoms with Gasteiger partial charge in [-0.1, -0.05) is 17.7 Å². The molecule has 2 nitrogen and oxygen atoms in total. The van der Waals surface area contributed by atoms with Gasteiger partial charge in [-0.15, -0.1) is 0 Å². The van der Waals surface area contributed by atoms with Gasteiger partial charge < -0.3 is 0 Å². The van der Waals surface area contributed by atoms with E-state index < -0.39 is 11.6 Å². The van der Waals surface area contributed by atoms with Crippen LogP contribution < -0.4 is 0 Å². The van der Waals surface area contributed by atoms with E-state index in [1.165, 1.54) is 12.1 Å². The summed E-state index contributed by atoms with van der Waals surface area (Å²) in [7, 11) is 0. The van der Waals surface area contributed by atoms with Gasteiger partial charge in [0.05, 0.1) is 11.3 Å². The molecule has 76 valence electrons. The van der Waals surface area contributed by atoms with Gasteiger partial charge in [0, 0.05) is 6.07 Å². The quantitative estimate of drug-likeness (QED) is 0.699. The molecule has 0 aliphatic heterocycles. The molecule has 0 atom stereocenters. The Hall–Kier alpha value is -1.55. The minimum absolute atomic E-state index is 0.130. The van der Waals surface area contributed by atoms with Gasteiger partial charge in [-0.2, -0.15) is 0 Å². The minimum Gasteiger partial charge on any atom is -0.236 e. The predicted octanol–water partition coefficient (Wildman–Crippen LogP) is 3.08. The van der Waals surface area contributed by atoms with Crippen molar-refractivity contribution in [3.8, 4) is 11.3 Å². The lowest BCUT2D eigenvalue weighted by Crippen LogP contribution is -1.92. The summed E-state index contributed by atoms with van der Waals surface area (Å²) in [4.78, 5) is 7.39. The maximum atomic E-state index is 13.3. The second-order valence-corrected chi connectivity index (χ2v) is 3.21. The Kier molecular flexibility index (Phi) is 2.60. The van der Waals surface area contributed by atoms with Gasteiger partial charge in [-0.3, -0.25) is 0 Å². The van der Waals surface area contributed by atoms with Crippen molar-refractivity contribution < 1.29 is 8.78 Å². The maximum Gasteiger partial charge on any atom is 0.135 e. The Labute approximate surface area is 89.6 Å². The molecule has 0 radical (unpaired) electrons. The van der Waals surface area contributed by atoms with Crippen molar-refractivity contribution in [1.29, 1.82) is 0 Å². The molecule has 15 heavy (non-hydrogen) atoms. The van der Waals surface area contributed by atoms with Crippen molar-refractivity contribution in [3.05, 3.63) is 47.4 Å². The molecule has 0 spiro atoms. The van der Waals surface area contributed by atoms with E-state index in [-0.39, 0.29) is 16.4 Å². The monoisotopic (exact) mass is 226 g/mol. The highest BCUT2D eigenvalue weighted by atomic mass is 35.5. The summed E-state index contributed by atoms with van der Waals surface area (Å²) in [5.41, 5.74) is -0.0626. The number of aromatic nitrogens is 2. The van der Waals surface area contributed by atoms with Crippen molar-refractivity contribution >= 4 is 11.6 Å². The SMILES string of the molecule is Fc1cccc(F)c1-c1cc(Cl)ncn1. The van der Waals surface area contributed by atoms with Gasteiger partial charge in [-0.25, -0.2) is 18.7 Å². The first-order chi connectivity index (χ1) is 7.18. The smallest absolute Gasteiger partial charge is 0.135 e. The molecule has 0 saturated heterocycles. The summed E-state index contributed by atoms with van der Waals surface area (Å²) in [5, 5.41) is 0.141. The van der Waals surface area contributed by atoms with Crippen LogP contribution in [0.15, 0.2) is 30.6 Å². The van der Waals surface area contributed by atoms with Crippen molar-refractivity contribution in [3.63, 3.8) is 0 Å². The zero-order valence-corrected chi connectivity index (χ0v) is 8.17. The van der Waals surface area contributed by atoms with E-state index in [9.17, 15) is 8.78 Å². The Balaban J connectivity index is 2.63. The van der Waals surface area contributed by atoms with Crippen LogP contribution in [0.5, 0.6) is 0 Å². The van der Waals surface area contributed by atoms with E-state index in [4.69, 9.17) is 11.6 Å². The molecular formula is C10H5ClF2N2. The largest absolute Gasteiger partial charge is 0.236 e. The Morgan fingerprint density at radius 2 is 1.73 bits per heavy atom. The lowest BCUT2D eigenvalue weighted by molar-refractivity contribution is 0.588. The molecule has 0 amide bonds. The van der Waals surface area contributed by atoms with Gasteiger partial charge in [0.25, 0.3) is 0 Å². The standard InChI is InChI=1S/C10H5ClF2N2/c11-9-4-8(14-5-15-9)10-6(12)2-1-3-7(10)13/h1-5H. The third-order valence-corrected chi connectivity index (χ3v) is 2.06. The molecule has 0 saturated carbocycles. The molecule has 2 rings (SSSR count). The molecule has 0 N–H and O–H groups in total. The number of nitrogens with zero attached hydrogens (tertiary/aromatic N) is 2. The van der Waals surface area contributed by atoms with Crippen LogP contribution in [0.2, 0.25) is 5.15 Å². The average molecular weight is 227 g/mol. The molecule has 1 heterocycles. The zero-order valence-electron chi connectivity index (χ0n) is 7.42. The molecule has 0 aliphatic carbocycles. The van der Waals surface area contributed by atoms with Crippen LogP contribution >= 0.6 is 11.6 Å². The molecular weight excluding hydrogens is 222 g/mol. The van der Waals surface area contributed by atoms with Gasteiger partial charge in [0.2, 0.25) is 0 Å². The Morgan fingerprint density at radius 3 is 2.33 bits per heavy atom. The zero-order chi connectivity index (χ0) is 10.8. The molecule has 1 aromatic carbocycles. The lowest BCUT2D eigenvalue weighted by Gasteiger charge is -2.03. The van der Waals surface area contributed by atoms with Gasteiger partial charge in [0.15, 0.2) is 0 Å². The summed E-state index contributed by atoms with van der Waals surface area (Å²) in [6.45, 7) is 0. The highest BCUT2D eigenvalue weighted by molar-refractivity contribution is 6.29. The summed E-state index contributed by atoms with van der Waals surface area (Å²) in [6.07, 6.45) is 1.16. The van der Waals surface area contributed by atoms with E-state index >= 15 is 0 Å². The summed E-state index contributed by atoms with van der Waals surface area (Å²) in [5.74, 6) is -1.35. The number of hydrogen-bond acceptors (Lipinski definition) is 2. The number of benzene rings is 1. The fourth-order valence-corrected chi connectivity index (χ4v) is 1.36. The van der Waals surface area contributed by atoms with Crippen molar-refractivity contribution in [2.45, 2.75) is 0 Å². The van der Waals surface area contributed by atoms with Crippen molar-refractivity contribution in [2.75, 3.05) is 0 Å². The van der Waals surface area contributed by atoms with E-state index in [1.807, 2.05) is 0 Å². The van der Waals surface area contributed by atoms with Gasteiger partial charge in [0.1, 0.15) is 23.1 Å². The fourth-order valence-electron chi connectivity index (χ4n) is 1.21. The fraction of sp³-hybridized carbons (Fsp3) is 0. The van der Waals surface area contributed by atoms with Crippen LogP contribution in [-0.4, -0.2) is 9.97 Å². The van der Waals surface area contributed by atoms with Crippen LogP contribution in [-0.2, 0) is 0 Å². The molecule has 0 bridgehead atoms. The summed E-state index contributed by atoms with van der Waals surface area (Å²) in [6, 6.07) is 4.92. The van der Waals surface area contributed by atoms with Crippen molar-refractivity contribution in [2.24, 2.45) is 0 Å². The summed E-state index contributed by atoms with van der Waals surface area (Å²) < 4.78 is 26.6. The number of halogens is 3. The highest BCUT2D eigenvalue weighted by Crippen LogP contribution is 2.24. The first kappa shape index (κ1) is 9.98. The second-order valence-electron chi connectivity index (χ2n) is 2.82. The van der Waals surface area contributed by atoms with E-state index in [0.717, 1.165) is 18.5 Å². The molecule has 2 aromatic rings. The van der Waals surface area contributed by atoms with Crippen LogP contribution in [0.1, 0.15) is 0 Å². The first-order valence-corrected chi connectivity index (χ1v) is 4.48. The first-order valence-electron chi connectivity index (χ1n) is 4.10. The van der Waals surface area contributed by atoms with Gasteiger partial charge in [-0.05, 0) is 12.1 Å². The van der Waals surface area contributed by atoms with Crippen molar-refractivity contribution in [1.82, 2.24) is 9.97 Å².